The van der Waals surface area contributed by atoms with Gasteiger partial charge in [-0.25, -0.2) is 0 Å². The maximum atomic E-state index is 12.6. The van der Waals surface area contributed by atoms with Crippen LogP contribution in [0, 0.1) is 5.92 Å². The van der Waals surface area contributed by atoms with Gasteiger partial charge in [0.1, 0.15) is 5.54 Å². The Bertz CT molecular complexity index is 317. The first-order valence-electron chi connectivity index (χ1n) is 5.37. The minimum Gasteiger partial charge on any atom is -0.340 e. The van der Waals surface area contributed by atoms with Crippen LogP contribution in [-0.2, 0) is 4.79 Å². The van der Waals surface area contributed by atoms with Gasteiger partial charge in [-0.1, -0.05) is 0 Å². The molecule has 0 heterocycles. The molecule has 6 heteroatoms. The lowest BCUT2D eigenvalue weighted by atomic mass is 9.95. The summed E-state index contributed by atoms with van der Waals surface area (Å²) < 4.78 is 37.8. The van der Waals surface area contributed by atoms with Crippen molar-refractivity contribution in [2.24, 2.45) is 11.7 Å². The third-order valence-corrected chi connectivity index (χ3v) is 3.56. The van der Waals surface area contributed by atoms with E-state index in [2.05, 4.69) is 5.32 Å². The summed E-state index contributed by atoms with van der Waals surface area (Å²) in [7, 11) is 0. The van der Waals surface area contributed by atoms with Crippen LogP contribution in [0.15, 0.2) is 0 Å². The largest absolute Gasteiger partial charge is 0.411 e. The lowest BCUT2D eigenvalue weighted by molar-refractivity contribution is -0.171. The van der Waals surface area contributed by atoms with Crippen molar-refractivity contribution >= 4 is 5.91 Å². The molecule has 1 atom stereocenters. The summed E-state index contributed by atoms with van der Waals surface area (Å²) in [4.78, 5) is 11.7. The quantitative estimate of drug-likeness (QED) is 0.776. The summed E-state index contributed by atoms with van der Waals surface area (Å²) >= 11 is 0. The van der Waals surface area contributed by atoms with Crippen LogP contribution in [0.4, 0.5) is 13.2 Å². The average molecular weight is 236 g/mol. The highest BCUT2D eigenvalue weighted by Gasteiger charge is 2.65. The Morgan fingerprint density at radius 1 is 1.38 bits per heavy atom. The zero-order valence-electron chi connectivity index (χ0n) is 9.03. The fourth-order valence-corrected chi connectivity index (χ4v) is 1.82. The number of amides is 1. The first-order chi connectivity index (χ1) is 7.19. The topological polar surface area (TPSA) is 55.1 Å². The van der Waals surface area contributed by atoms with Crippen LogP contribution < -0.4 is 11.1 Å². The number of nitrogens with two attached hydrogens (primary N) is 1. The van der Waals surface area contributed by atoms with Gasteiger partial charge in [-0.15, -0.1) is 0 Å². The van der Waals surface area contributed by atoms with E-state index in [9.17, 15) is 18.0 Å². The molecule has 0 saturated heterocycles. The first kappa shape index (κ1) is 11.7. The van der Waals surface area contributed by atoms with Gasteiger partial charge in [0.25, 0.3) is 0 Å². The van der Waals surface area contributed by atoms with E-state index in [4.69, 9.17) is 5.73 Å². The van der Waals surface area contributed by atoms with Crippen LogP contribution in [0.5, 0.6) is 0 Å². The molecule has 1 amide bonds. The highest BCUT2D eigenvalue weighted by Crippen LogP contribution is 2.49. The maximum Gasteiger partial charge on any atom is 0.411 e. The van der Waals surface area contributed by atoms with Crippen molar-refractivity contribution in [1.29, 1.82) is 0 Å². The Morgan fingerprint density at radius 2 is 1.88 bits per heavy atom. The normalized spacial score (nSPS) is 27.1. The molecule has 0 aliphatic heterocycles. The Morgan fingerprint density at radius 3 is 2.19 bits per heavy atom. The molecule has 3 nitrogen and oxygen atoms in total. The van der Waals surface area contributed by atoms with Crippen molar-refractivity contribution in [3.8, 4) is 0 Å². The fraction of sp³-hybridized carbons (Fsp3) is 0.900. The van der Waals surface area contributed by atoms with E-state index in [1.165, 1.54) is 6.92 Å². The van der Waals surface area contributed by atoms with E-state index in [1.54, 1.807) is 0 Å². The summed E-state index contributed by atoms with van der Waals surface area (Å²) in [6.45, 7) is 1.51. The number of alkyl halides is 3. The summed E-state index contributed by atoms with van der Waals surface area (Å²) in [6, 6.07) is 0. The lowest BCUT2D eigenvalue weighted by Gasteiger charge is -2.28. The molecule has 0 bridgehead atoms. The number of hydrogen-bond donors (Lipinski definition) is 2. The molecule has 1 unspecified atom stereocenters. The van der Waals surface area contributed by atoms with Crippen molar-refractivity contribution in [2.45, 2.75) is 49.9 Å². The van der Waals surface area contributed by atoms with E-state index in [-0.39, 0.29) is 18.8 Å². The highest BCUT2D eigenvalue weighted by molar-refractivity contribution is 5.87. The second-order valence-electron chi connectivity index (χ2n) is 5.09. The smallest absolute Gasteiger partial charge is 0.340 e. The van der Waals surface area contributed by atoms with E-state index in [0.717, 1.165) is 12.8 Å². The third kappa shape index (κ3) is 1.79. The molecule has 2 aliphatic carbocycles. The van der Waals surface area contributed by atoms with Crippen molar-refractivity contribution < 1.29 is 18.0 Å². The van der Waals surface area contributed by atoms with Gasteiger partial charge in [0.2, 0.25) is 5.91 Å². The fourth-order valence-electron chi connectivity index (χ4n) is 1.82. The maximum absolute atomic E-state index is 12.6. The Balaban J connectivity index is 2.03. The lowest BCUT2D eigenvalue weighted by Crippen LogP contribution is -2.59. The molecule has 2 fully saturated rings. The van der Waals surface area contributed by atoms with Crippen LogP contribution in [-0.4, -0.2) is 23.2 Å². The number of carbonyl (C=O) groups excluding carboxylic acids is 1. The minimum atomic E-state index is -4.37. The van der Waals surface area contributed by atoms with Crippen LogP contribution in [0.2, 0.25) is 0 Å². The molecular weight excluding hydrogens is 221 g/mol. The molecule has 2 saturated carbocycles. The summed E-state index contributed by atoms with van der Waals surface area (Å²) in [5, 5.41) is 2.08. The van der Waals surface area contributed by atoms with Gasteiger partial charge in [-0.2, -0.15) is 13.2 Å². The van der Waals surface area contributed by atoms with Gasteiger partial charge < -0.3 is 11.1 Å². The number of rotatable bonds is 3. The zero-order valence-corrected chi connectivity index (χ0v) is 9.03. The standard InChI is InChI=1S/C10H15F3N2O/c1-8(14,6-2-3-6)7(16)15-9(4-5-9)10(11,12)13/h6H,2-5,14H2,1H3,(H,15,16). The third-order valence-electron chi connectivity index (χ3n) is 3.56. The molecule has 92 valence electrons. The van der Waals surface area contributed by atoms with Crippen LogP contribution >= 0.6 is 0 Å². The Kier molecular flexibility index (Phi) is 2.28. The van der Waals surface area contributed by atoms with Gasteiger partial charge in [0.05, 0.1) is 5.54 Å². The van der Waals surface area contributed by atoms with Gasteiger partial charge in [-0.05, 0) is 38.5 Å². The summed E-state index contributed by atoms with van der Waals surface area (Å²) in [6.07, 6.45) is -2.81. The van der Waals surface area contributed by atoms with Gasteiger partial charge in [-0.3, -0.25) is 4.79 Å². The molecule has 3 N–H and O–H groups in total. The predicted octanol–water partition coefficient (Wildman–Crippen LogP) is 1.32. The number of halogens is 3. The molecule has 0 aromatic carbocycles. The SMILES string of the molecule is CC(N)(C(=O)NC1(C(F)(F)F)CC1)C1CC1. The monoisotopic (exact) mass is 236 g/mol. The van der Waals surface area contributed by atoms with Crippen LogP contribution in [0.25, 0.3) is 0 Å². The van der Waals surface area contributed by atoms with Gasteiger partial charge in [0, 0.05) is 0 Å². The summed E-state index contributed by atoms with van der Waals surface area (Å²) in [5.41, 5.74) is 2.60. The zero-order chi connectivity index (χ0) is 12.2. The molecule has 0 radical (unpaired) electrons. The second kappa shape index (κ2) is 3.12. The predicted molar refractivity (Wildman–Crippen MR) is 51.5 cm³/mol. The van der Waals surface area contributed by atoms with Crippen molar-refractivity contribution in [1.82, 2.24) is 5.32 Å². The summed E-state index contributed by atoms with van der Waals surface area (Å²) in [5.74, 6) is -0.652. The Hall–Kier alpha value is -0.780. The van der Waals surface area contributed by atoms with E-state index >= 15 is 0 Å². The molecule has 0 spiro atoms. The molecular formula is C10H15F3N2O. The Labute approximate surface area is 91.6 Å². The van der Waals surface area contributed by atoms with Crippen molar-refractivity contribution in [3.05, 3.63) is 0 Å². The van der Waals surface area contributed by atoms with Crippen molar-refractivity contribution in [2.75, 3.05) is 0 Å². The van der Waals surface area contributed by atoms with Gasteiger partial charge in [0.15, 0.2) is 0 Å². The van der Waals surface area contributed by atoms with Gasteiger partial charge >= 0.3 is 6.18 Å². The first-order valence-corrected chi connectivity index (χ1v) is 5.37. The highest BCUT2D eigenvalue weighted by atomic mass is 19.4. The van der Waals surface area contributed by atoms with Crippen molar-refractivity contribution in [3.63, 3.8) is 0 Å². The van der Waals surface area contributed by atoms with Crippen LogP contribution in [0.1, 0.15) is 32.6 Å². The second-order valence-corrected chi connectivity index (χ2v) is 5.09. The van der Waals surface area contributed by atoms with E-state index < -0.39 is 23.2 Å². The molecule has 0 aromatic rings. The molecule has 2 aliphatic rings. The minimum absolute atomic E-state index is 0.0246. The van der Waals surface area contributed by atoms with Crippen LogP contribution in [0.3, 0.4) is 0 Å². The molecule has 16 heavy (non-hydrogen) atoms. The van der Waals surface area contributed by atoms with E-state index in [0.29, 0.717) is 0 Å². The average Bonchev–Trinajstić information content (AvgIpc) is 2.98. The number of carbonyl (C=O) groups is 1. The molecule has 2 rings (SSSR count). The van der Waals surface area contributed by atoms with E-state index in [1.807, 2.05) is 0 Å². The molecule has 0 aromatic heterocycles. The number of nitrogens with one attached hydrogen (secondary N) is 1. The number of hydrogen-bond acceptors (Lipinski definition) is 2.